The van der Waals surface area contributed by atoms with E-state index in [9.17, 15) is 18.3 Å². The van der Waals surface area contributed by atoms with E-state index < -0.39 is 30.4 Å². The van der Waals surface area contributed by atoms with Crippen LogP contribution in [0.15, 0.2) is 24.3 Å². The van der Waals surface area contributed by atoms with Gasteiger partial charge in [0.2, 0.25) is 0 Å². The topological polar surface area (TPSA) is 38.7 Å². The van der Waals surface area contributed by atoms with Gasteiger partial charge in [-0.15, -0.1) is 0 Å². The lowest BCUT2D eigenvalue weighted by molar-refractivity contribution is -0.158. The molecule has 1 heterocycles. The van der Waals surface area contributed by atoms with Gasteiger partial charge < -0.3 is 14.6 Å². The van der Waals surface area contributed by atoms with E-state index in [1.807, 2.05) is 0 Å². The van der Waals surface area contributed by atoms with E-state index in [1.54, 1.807) is 38.1 Å². The van der Waals surface area contributed by atoms with Crippen molar-refractivity contribution in [3.8, 4) is 5.75 Å². The predicted octanol–water partition coefficient (Wildman–Crippen LogP) is 3.62. The summed E-state index contributed by atoms with van der Waals surface area (Å²) in [7, 11) is 0. The second kappa shape index (κ2) is 5.85. The van der Waals surface area contributed by atoms with Gasteiger partial charge in [-0.3, -0.25) is 0 Å². The van der Waals surface area contributed by atoms with Gasteiger partial charge in [0.15, 0.2) is 0 Å². The molecule has 0 aliphatic carbocycles. The van der Waals surface area contributed by atoms with Crippen LogP contribution in [0.5, 0.6) is 5.75 Å². The van der Waals surface area contributed by atoms with Crippen LogP contribution < -0.4 is 4.74 Å². The van der Waals surface area contributed by atoms with Crippen molar-refractivity contribution in [3.63, 3.8) is 0 Å². The van der Waals surface area contributed by atoms with Gasteiger partial charge in [0, 0.05) is 18.6 Å². The third-order valence-electron chi connectivity index (χ3n) is 3.48. The zero-order chi connectivity index (χ0) is 15.7. The number of hydrogen-bond donors (Lipinski definition) is 1. The quantitative estimate of drug-likeness (QED) is 0.864. The number of ether oxygens (including phenoxy) is 2. The van der Waals surface area contributed by atoms with Crippen molar-refractivity contribution in [2.45, 2.75) is 50.7 Å². The zero-order valence-electron chi connectivity index (χ0n) is 12.0. The van der Waals surface area contributed by atoms with Crippen LogP contribution >= 0.6 is 0 Å². The first-order valence-electron chi connectivity index (χ1n) is 6.85. The van der Waals surface area contributed by atoms with Gasteiger partial charge in [-0.1, -0.05) is 18.2 Å². The minimum atomic E-state index is -4.19. The number of alkyl halides is 3. The van der Waals surface area contributed by atoms with Gasteiger partial charge in [0.25, 0.3) is 0 Å². The first-order chi connectivity index (χ1) is 9.71. The molecule has 1 aliphatic heterocycles. The Hall–Kier alpha value is -1.27. The van der Waals surface area contributed by atoms with Crippen LogP contribution in [-0.2, 0) is 4.74 Å². The number of fused-ring (bicyclic) bond motifs is 1. The SMILES string of the molecule is CC1(C)Oc2ccccc2C(O)C1OCCCC(F)(F)F. The summed E-state index contributed by atoms with van der Waals surface area (Å²) in [4.78, 5) is 0. The van der Waals surface area contributed by atoms with Crippen molar-refractivity contribution in [2.75, 3.05) is 6.61 Å². The molecule has 1 aromatic carbocycles. The molecule has 1 aliphatic rings. The van der Waals surface area contributed by atoms with Gasteiger partial charge in [-0.25, -0.2) is 0 Å². The first-order valence-corrected chi connectivity index (χ1v) is 6.85. The number of rotatable bonds is 4. The number of hydrogen-bond acceptors (Lipinski definition) is 3. The summed E-state index contributed by atoms with van der Waals surface area (Å²) in [6.07, 6.45) is -6.85. The molecule has 1 N–H and O–H groups in total. The summed E-state index contributed by atoms with van der Waals surface area (Å²) < 4.78 is 47.6. The van der Waals surface area contributed by atoms with Crippen LogP contribution in [0.2, 0.25) is 0 Å². The highest BCUT2D eigenvalue weighted by molar-refractivity contribution is 5.39. The van der Waals surface area contributed by atoms with Gasteiger partial charge >= 0.3 is 6.18 Å². The maximum atomic E-state index is 12.1. The molecule has 0 saturated heterocycles. The minimum absolute atomic E-state index is 0.0732. The van der Waals surface area contributed by atoms with Crippen molar-refractivity contribution in [1.29, 1.82) is 0 Å². The third kappa shape index (κ3) is 3.89. The highest BCUT2D eigenvalue weighted by atomic mass is 19.4. The molecule has 21 heavy (non-hydrogen) atoms. The maximum absolute atomic E-state index is 12.1. The second-order valence-corrected chi connectivity index (χ2v) is 5.70. The Morgan fingerprint density at radius 1 is 1.29 bits per heavy atom. The molecular weight excluding hydrogens is 285 g/mol. The summed E-state index contributed by atoms with van der Waals surface area (Å²) in [5.41, 5.74) is -0.218. The normalized spacial score (nSPS) is 24.3. The van der Waals surface area contributed by atoms with Gasteiger partial charge in [-0.2, -0.15) is 13.2 Å². The number of halogens is 3. The zero-order valence-corrected chi connectivity index (χ0v) is 12.0. The molecule has 6 heteroatoms. The summed E-state index contributed by atoms with van der Waals surface area (Å²) in [6.45, 7) is 3.43. The Kier molecular flexibility index (Phi) is 4.49. The molecule has 2 unspecified atom stereocenters. The standard InChI is InChI=1S/C15H19F3O3/c1-14(2)13(20-9-5-8-15(16,17)18)12(19)10-6-3-4-7-11(10)21-14/h3-4,6-7,12-13,19H,5,8-9H2,1-2H3. The molecule has 0 saturated carbocycles. The fourth-order valence-electron chi connectivity index (χ4n) is 2.48. The molecule has 0 radical (unpaired) electrons. The van der Waals surface area contributed by atoms with Crippen molar-refractivity contribution in [3.05, 3.63) is 29.8 Å². The van der Waals surface area contributed by atoms with Gasteiger partial charge in [-0.05, 0) is 26.3 Å². The van der Waals surface area contributed by atoms with Crippen LogP contribution in [-0.4, -0.2) is 29.6 Å². The molecule has 118 valence electrons. The molecule has 2 rings (SSSR count). The summed E-state index contributed by atoms with van der Waals surface area (Å²) in [6, 6.07) is 7.04. The molecule has 0 bridgehead atoms. The Morgan fingerprint density at radius 3 is 2.62 bits per heavy atom. The first kappa shape index (κ1) is 16.1. The van der Waals surface area contributed by atoms with E-state index in [4.69, 9.17) is 9.47 Å². The Balaban J connectivity index is 2.02. The lowest BCUT2D eigenvalue weighted by Crippen LogP contribution is -2.50. The van der Waals surface area contributed by atoms with Crippen molar-refractivity contribution >= 4 is 0 Å². The van der Waals surface area contributed by atoms with Crippen LogP contribution in [0.25, 0.3) is 0 Å². The summed E-state index contributed by atoms with van der Waals surface area (Å²) in [5.74, 6) is 0.574. The number of aliphatic hydroxyl groups excluding tert-OH is 1. The fourth-order valence-corrected chi connectivity index (χ4v) is 2.48. The smallest absolute Gasteiger partial charge is 0.389 e. The predicted molar refractivity (Wildman–Crippen MR) is 71.1 cm³/mol. The highest BCUT2D eigenvalue weighted by Crippen LogP contribution is 2.41. The van der Waals surface area contributed by atoms with E-state index in [-0.39, 0.29) is 13.0 Å². The Morgan fingerprint density at radius 2 is 1.95 bits per heavy atom. The molecule has 2 atom stereocenters. The molecule has 0 aromatic heterocycles. The van der Waals surface area contributed by atoms with Crippen LogP contribution in [0.3, 0.4) is 0 Å². The van der Waals surface area contributed by atoms with Crippen LogP contribution in [0, 0.1) is 0 Å². The van der Waals surface area contributed by atoms with E-state index in [0.717, 1.165) is 0 Å². The van der Waals surface area contributed by atoms with Crippen LogP contribution in [0.1, 0.15) is 38.4 Å². The summed E-state index contributed by atoms with van der Waals surface area (Å²) >= 11 is 0. The van der Waals surface area contributed by atoms with E-state index in [1.165, 1.54) is 0 Å². The lowest BCUT2D eigenvalue weighted by Gasteiger charge is -2.42. The third-order valence-corrected chi connectivity index (χ3v) is 3.48. The molecule has 1 aromatic rings. The Bertz CT molecular complexity index is 485. The monoisotopic (exact) mass is 304 g/mol. The van der Waals surface area contributed by atoms with Gasteiger partial charge in [0.1, 0.15) is 23.6 Å². The molecule has 0 spiro atoms. The van der Waals surface area contributed by atoms with Crippen molar-refractivity contribution < 1.29 is 27.8 Å². The average Bonchev–Trinajstić information content (AvgIpc) is 2.35. The van der Waals surface area contributed by atoms with Crippen molar-refractivity contribution in [1.82, 2.24) is 0 Å². The van der Waals surface area contributed by atoms with Crippen LogP contribution in [0.4, 0.5) is 13.2 Å². The van der Waals surface area contributed by atoms with Gasteiger partial charge in [0.05, 0.1) is 0 Å². The average molecular weight is 304 g/mol. The molecule has 0 amide bonds. The number of benzene rings is 1. The lowest BCUT2D eigenvalue weighted by atomic mass is 9.88. The maximum Gasteiger partial charge on any atom is 0.389 e. The second-order valence-electron chi connectivity index (χ2n) is 5.70. The molecular formula is C15H19F3O3. The molecule has 0 fully saturated rings. The fraction of sp³-hybridized carbons (Fsp3) is 0.600. The number of para-hydroxylation sites is 1. The molecule has 3 nitrogen and oxygen atoms in total. The largest absolute Gasteiger partial charge is 0.485 e. The number of aliphatic hydroxyl groups is 1. The van der Waals surface area contributed by atoms with Crippen molar-refractivity contribution in [2.24, 2.45) is 0 Å². The van der Waals surface area contributed by atoms with E-state index in [2.05, 4.69) is 0 Å². The highest BCUT2D eigenvalue weighted by Gasteiger charge is 2.44. The minimum Gasteiger partial charge on any atom is -0.485 e. The Labute approximate surface area is 121 Å². The van der Waals surface area contributed by atoms with E-state index >= 15 is 0 Å². The summed E-state index contributed by atoms with van der Waals surface area (Å²) in [5, 5.41) is 10.4. The van der Waals surface area contributed by atoms with E-state index in [0.29, 0.717) is 11.3 Å².